The predicted octanol–water partition coefficient (Wildman–Crippen LogP) is 2.85. The van der Waals surface area contributed by atoms with Crippen molar-refractivity contribution in [3.8, 4) is 0 Å². The Morgan fingerprint density at radius 2 is 2.17 bits per heavy atom. The first-order valence-electron chi connectivity index (χ1n) is 6.38. The van der Waals surface area contributed by atoms with Crippen molar-refractivity contribution in [1.82, 2.24) is 9.80 Å². The van der Waals surface area contributed by atoms with Gasteiger partial charge in [-0.25, -0.2) is 0 Å². The zero-order valence-electron chi connectivity index (χ0n) is 10.9. The van der Waals surface area contributed by atoms with Crippen molar-refractivity contribution in [2.45, 2.75) is 19.8 Å². The number of rotatable bonds is 2. The molecule has 0 saturated carbocycles. The van der Waals surface area contributed by atoms with E-state index in [1.54, 1.807) is 11.3 Å². The summed E-state index contributed by atoms with van der Waals surface area (Å²) in [5, 5.41) is 0. The molecule has 0 bridgehead atoms. The van der Waals surface area contributed by atoms with Crippen molar-refractivity contribution < 1.29 is 4.79 Å². The van der Waals surface area contributed by atoms with E-state index in [0.717, 1.165) is 48.4 Å². The molecule has 0 spiro atoms. The second kappa shape index (κ2) is 6.17. The van der Waals surface area contributed by atoms with Crippen molar-refractivity contribution in [3.05, 3.63) is 20.3 Å². The van der Waals surface area contributed by atoms with Crippen molar-refractivity contribution in [2.75, 3.05) is 33.2 Å². The van der Waals surface area contributed by atoms with Gasteiger partial charge in [-0.1, -0.05) is 6.92 Å². The van der Waals surface area contributed by atoms with Gasteiger partial charge in [-0.05, 0) is 48.4 Å². The molecule has 0 aromatic carbocycles. The fraction of sp³-hybridized carbons (Fsp3) is 0.615. The maximum absolute atomic E-state index is 12.4. The first-order valence-corrected chi connectivity index (χ1v) is 7.98. The van der Waals surface area contributed by atoms with E-state index in [-0.39, 0.29) is 5.91 Å². The summed E-state index contributed by atoms with van der Waals surface area (Å²) in [4.78, 5) is 18.8. The lowest BCUT2D eigenvalue weighted by atomic mass is 10.3. The topological polar surface area (TPSA) is 23.6 Å². The van der Waals surface area contributed by atoms with Crippen LogP contribution in [0.1, 0.15) is 27.9 Å². The van der Waals surface area contributed by atoms with E-state index >= 15 is 0 Å². The summed E-state index contributed by atoms with van der Waals surface area (Å²) in [7, 11) is 2.12. The third-order valence-corrected chi connectivity index (χ3v) is 5.53. The fourth-order valence-electron chi connectivity index (χ4n) is 2.16. The second-order valence-corrected chi connectivity index (χ2v) is 6.68. The Bertz CT molecular complexity index is 433. The van der Waals surface area contributed by atoms with Gasteiger partial charge >= 0.3 is 0 Å². The van der Waals surface area contributed by atoms with Gasteiger partial charge in [0.15, 0.2) is 0 Å². The van der Waals surface area contributed by atoms with Crippen molar-refractivity contribution in [3.63, 3.8) is 0 Å². The summed E-state index contributed by atoms with van der Waals surface area (Å²) in [6.07, 6.45) is 2.04. The van der Waals surface area contributed by atoms with E-state index in [9.17, 15) is 4.79 Å². The van der Waals surface area contributed by atoms with E-state index in [1.807, 2.05) is 11.0 Å². The van der Waals surface area contributed by atoms with Crippen LogP contribution in [0.3, 0.4) is 0 Å². The lowest BCUT2D eigenvalue weighted by Gasteiger charge is -2.19. The Kier molecular flexibility index (Phi) is 4.81. The molecule has 100 valence electrons. The first-order chi connectivity index (χ1) is 8.61. The molecule has 0 radical (unpaired) electrons. The molecular weight excluding hydrogens is 312 g/mol. The fourth-order valence-corrected chi connectivity index (χ4v) is 4.02. The molecule has 1 aromatic heterocycles. The number of carbonyl (C=O) groups is 1. The number of aryl methyl sites for hydroxylation is 1. The predicted molar refractivity (Wildman–Crippen MR) is 79.4 cm³/mol. The Balaban J connectivity index is 2.09. The molecule has 1 saturated heterocycles. The molecular formula is C13H19BrN2OS. The molecule has 1 aliphatic heterocycles. The summed E-state index contributed by atoms with van der Waals surface area (Å²) in [5.41, 5.74) is 0. The van der Waals surface area contributed by atoms with Crippen LogP contribution < -0.4 is 0 Å². The summed E-state index contributed by atoms with van der Waals surface area (Å²) in [6.45, 7) is 5.88. The average molecular weight is 331 g/mol. The van der Waals surface area contributed by atoms with Crippen LogP contribution >= 0.6 is 27.3 Å². The van der Waals surface area contributed by atoms with Gasteiger partial charge in [0.1, 0.15) is 0 Å². The number of carbonyl (C=O) groups excluding carboxylic acids is 1. The molecule has 18 heavy (non-hydrogen) atoms. The average Bonchev–Trinajstić information content (AvgIpc) is 2.59. The van der Waals surface area contributed by atoms with Crippen LogP contribution in [-0.2, 0) is 6.42 Å². The Morgan fingerprint density at radius 1 is 1.39 bits per heavy atom. The zero-order chi connectivity index (χ0) is 13.1. The third kappa shape index (κ3) is 3.13. The number of likely N-dealkylation sites (N-methyl/N-ethyl adjacent to an activating group) is 1. The molecule has 1 amide bonds. The molecule has 0 atom stereocenters. The lowest BCUT2D eigenvalue weighted by Crippen LogP contribution is -2.34. The highest BCUT2D eigenvalue weighted by Gasteiger charge is 2.21. The molecule has 0 unspecified atom stereocenters. The number of hydrogen-bond donors (Lipinski definition) is 0. The number of nitrogens with zero attached hydrogens (tertiary/aromatic N) is 2. The maximum Gasteiger partial charge on any atom is 0.264 e. The number of halogens is 1. The molecule has 1 fully saturated rings. The van der Waals surface area contributed by atoms with Gasteiger partial charge in [0.05, 0.1) is 4.88 Å². The molecule has 2 heterocycles. The first kappa shape index (κ1) is 14.0. The SMILES string of the molecule is CCc1sc(C(=O)N2CCCN(C)CC2)cc1Br. The van der Waals surface area contributed by atoms with Crippen LogP contribution in [0.25, 0.3) is 0 Å². The number of amides is 1. The van der Waals surface area contributed by atoms with Crippen LogP contribution in [0, 0.1) is 0 Å². The molecule has 0 N–H and O–H groups in total. The standard InChI is InChI=1S/C13H19BrN2OS/c1-3-11-10(14)9-12(18-11)13(17)16-6-4-5-15(2)7-8-16/h9H,3-8H2,1-2H3. The van der Waals surface area contributed by atoms with Crippen LogP contribution in [0.4, 0.5) is 0 Å². The molecule has 1 aromatic rings. The Morgan fingerprint density at radius 3 is 2.83 bits per heavy atom. The number of hydrogen-bond acceptors (Lipinski definition) is 3. The minimum atomic E-state index is 0.190. The molecule has 0 aliphatic carbocycles. The minimum absolute atomic E-state index is 0.190. The molecule has 2 rings (SSSR count). The smallest absolute Gasteiger partial charge is 0.264 e. The van der Waals surface area contributed by atoms with Crippen LogP contribution in [0.5, 0.6) is 0 Å². The van der Waals surface area contributed by atoms with Crippen molar-refractivity contribution in [1.29, 1.82) is 0 Å². The van der Waals surface area contributed by atoms with Gasteiger partial charge < -0.3 is 9.80 Å². The summed E-state index contributed by atoms with van der Waals surface area (Å²) < 4.78 is 1.07. The summed E-state index contributed by atoms with van der Waals surface area (Å²) >= 11 is 5.14. The summed E-state index contributed by atoms with van der Waals surface area (Å²) in [5.74, 6) is 0.190. The van der Waals surface area contributed by atoms with E-state index in [2.05, 4.69) is 34.8 Å². The van der Waals surface area contributed by atoms with Gasteiger partial charge in [-0.3, -0.25) is 4.79 Å². The zero-order valence-corrected chi connectivity index (χ0v) is 13.3. The molecule has 3 nitrogen and oxygen atoms in total. The second-order valence-electron chi connectivity index (χ2n) is 4.68. The highest BCUT2D eigenvalue weighted by atomic mass is 79.9. The normalized spacial score (nSPS) is 17.8. The van der Waals surface area contributed by atoms with Crippen molar-refractivity contribution in [2.24, 2.45) is 0 Å². The third-order valence-electron chi connectivity index (χ3n) is 3.30. The van der Waals surface area contributed by atoms with Crippen LogP contribution in [0.2, 0.25) is 0 Å². The van der Waals surface area contributed by atoms with E-state index < -0.39 is 0 Å². The minimum Gasteiger partial charge on any atom is -0.337 e. The quantitative estimate of drug-likeness (QED) is 0.832. The maximum atomic E-state index is 12.4. The van der Waals surface area contributed by atoms with Crippen molar-refractivity contribution >= 4 is 33.2 Å². The van der Waals surface area contributed by atoms with E-state index in [1.165, 1.54) is 4.88 Å². The van der Waals surface area contributed by atoms with E-state index in [0.29, 0.717) is 0 Å². The number of thiophene rings is 1. The highest BCUT2D eigenvalue weighted by molar-refractivity contribution is 9.10. The highest BCUT2D eigenvalue weighted by Crippen LogP contribution is 2.28. The van der Waals surface area contributed by atoms with E-state index in [4.69, 9.17) is 0 Å². The Hall–Kier alpha value is -0.390. The van der Waals surface area contributed by atoms with Gasteiger partial charge in [-0.2, -0.15) is 0 Å². The van der Waals surface area contributed by atoms with Gasteiger partial charge in [0, 0.05) is 29.0 Å². The van der Waals surface area contributed by atoms with Crippen LogP contribution in [0.15, 0.2) is 10.5 Å². The van der Waals surface area contributed by atoms with Gasteiger partial charge in [0.25, 0.3) is 5.91 Å². The van der Waals surface area contributed by atoms with Gasteiger partial charge in [0.2, 0.25) is 0 Å². The largest absolute Gasteiger partial charge is 0.337 e. The lowest BCUT2D eigenvalue weighted by molar-refractivity contribution is 0.0767. The summed E-state index contributed by atoms with van der Waals surface area (Å²) in [6, 6.07) is 1.97. The Labute approximate surface area is 121 Å². The van der Waals surface area contributed by atoms with Crippen LogP contribution in [-0.4, -0.2) is 48.9 Å². The molecule has 5 heteroatoms. The van der Waals surface area contributed by atoms with Gasteiger partial charge in [-0.15, -0.1) is 11.3 Å². The molecule has 1 aliphatic rings. The monoisotopic (exact) mass is 330 g/mol.